The van der Waals surface area contributed by atoms with Crippen molar-refractivity contribution < 1.29 is 24.2 Å². The fraction of sp³-hybridized carbons (Fsp3) is 0.812. The molecule has 0 aromatic carbocycles. The van der Waals surface area contributed by atoms with E-state index < -0.39 is 29.0 Å². The Labute approximate surface area is 130 Å². The van der Waals surface area contributed by atoms with Crippen LogP contribution in [0, 0.1) is 5.41 Å². The molecule has 1 aliphatic carbocycles. The van der Waals surface area contributed by atoms with E-state index >= 15 is 0 Å². The van der Waals surface area contributed by atoms with Gasteiger partial charge < -0.3 is 14.7 Å². The van der Waals surface area contributed by atoms with Crippen LogP contribution in [0.1, 0.15) is 59.3 Å². The van der Waals surface area contributed by atoms with Crippen molar-refractivity contribution in [3.8, 4) is 0 Å². The Morgan fingerprint density at radius 3 is 2.32 bits per heavy atom. The van der Waals surface area contributed by atoms with Gasteiger partial charge in [-0.1, -0.05) is 6.42 Å². The lowest BCUT2D eigenvalue weighted by Crippen LogP contribution is -2.48. The number of nitrogens with zero attached hydrogens (tertiary/aromatic N) is 1. The van der Waals surface area contributed by atoms with Crippen LogP contribution in [0.3, 0.4) is 0 Å². The molecule has 1 atom stereocenters. The second-order valence-corrected chi connectivity index (χ2v) is 7.39. The molecule has 6 heteroatoms. The molecule has 2 fully saturated rings. The zero-order valence-corrected chi connectivity index (χ0v) is 13.6. The molecule has 1 unspecified atom stereocenters. The predicted molar refractivity (Wildman–Crippen MR) is 79.1 cm³/mol. The fourth-order valence-electron chi connectivity index (χ4n) is 3.14. The number of amides is 1. The van der Waals surface area contributed by atoms with Crippen LogP contribution >= 0.6 is 0 Å². The minimum absolute atomic E-state index is 0.0123. The van der Waals surface area contributed by atoms with Crippen LogP contribution in [0.25, 0.3) is 0 Å². The first kappa shape index (κ1) is 16.8. The Bertz CT molecular complexity index is 475. The Kier molecular flexibility index (Phi) is 4.49. The van der Waals surface area contributed by atoms with Gasteiger partial charge in [0.15, 0.2) is 0 Å². The Morgan fingerprint density at radius 1 is 1.23 bits per heavy atom. The smallest absolute Gasteiger partial charge is 0.329 e. The van der Waals surface area contributed by atoms with Crippen molar-refractivity contribution in [2.24, 2.45) is 5.41 Å². The highest BCUT2D eigenvalue weighted by atomic mass is 16.6. The van der Waals surface area contributed by atoms with Crippen LogP contribution in [0.4, 0.5) is 0 Å². The molecule has 1 aliphatic heterocycles. The molecular weight excluding hydrogens is 286 g/mol. The number of aliphatic carboxylic acids is 1. The molecule has 2 rings (SSSR count). The Balaban J connectivity index is 2.02. The molecule has 1 N–H and O–H groups in total. The lowest BCUT2D eigenvalue weighted by atomic mass is 9.66. The standard InChI is InChI=1S/C16H25NO5/c1-15(2,3)22-13(19)11-6-4-9-17(11)12(18)10-16(14(20)21)7-5-8-16/h11H,4-10H2,1-3H3,(H,20,21). The zero-order valence-electron chi connectivity index (χ0n) is 13.6. The molecule has 1 saturated carbocycles. The van der Waals surface area contributed by atoms with Crippen molar-refractivity contribution in [3.05, 3.63) is 0 Å². The second-order valence-electron chi connectivity index (χ2n) is 7.39. The summed E-state index contributed by atoms with van der Waals surface area (Å²) in [6.07, 6.45) is 3.24. The van der Waals surface area contributed by atoms with Crippen LogP contribution in [0.2, 0.25) is 0 Å². The lowest BCUT2D eigenvalue weighted by molar-refractivity contribution is -0.165. The molecule has 0 aromatic rings. The molecule has 1 saturated heterocycles. The van der Waals surface area contributed by atoms with E-state index in [2.05, 4.69) is 0 Å². The molecule has 1 heterocycles. The van der Waals surface area contributed by atoms with Crippen molar-refractivity contribution in [1.29, 1.82) is 0 Å². The van der Waals surface area contributed by atoms with E-state index in [4.69, 9.17) is 4.74 Å². The highest BCUT2D eigenvalue weighted by molar-refractivity contribution is 5.89. The molecule has 2 aliphatic rings. The van der Waals surface area contributed by atoms with E-state index in [1.807, 2.05) is 0 Å². The molecular formula is C16H25NO5. The van der Waals surface area contributed by atoms with Gasteiger partial charge in [0.05, 0.1) is 5.41 Å². The summed E-state index contributed by atoms with van der Waals surface area (Å²) in [6.45, 7) is 5.87. The Hall–Kier alpha value is -1.59. The maximum Gasteiger partial charge on any atom is 0.329 e. The number of hydrogen-bond donors (Lipinski definition) is 1. The first-order chi connectivity index (χ1) is 10.1. The van der Waals surface area contributed by atoms with E-state index in [0.717, 1.165) is 12.8 Å². The molecule has 22 heavy (non-hydrogen) atoms. The van der Waals surface area contributed by atoms with E-state index in [9.17, 15) is 19.5 Å². The summed E-state index contributed by atoms with van der Waals surface area (Å²) >= 11 is 0. The van der Waals surface area contributed by atoms with Gasteiger partial charge in [-0.25, -0.2) is 4.79 Å². The predicted octanol–water partition coefficient (Wildman–Crippen LogP) is 1.96. The SMILES string of the molecule is CC(C)(C)OC(=O)C1CCCN1C(=O)CC1(C(=O)O)CCC1. The number of hydrogen-bond acceptors (Lipinski definition) is 4. The molecule has 0 aromatic heterocycles. The number of carbonyl (C=O) groups excluding carboxylic acids is 2. The van der Waals surface area contributed by atoms with Crippen LogP contribution < -0.4 is 0 Å². The normalized spacial score (nSPS) is 23.8. The third-order valence-electron chi connectivity index (χ3n) is 4.51. The number of carboxylic acid groups (broad SMARTS) is 1. The van der Waals surface area contributed by atoms with Crippen LogP contribution in [0.5, 0.6) is 0 Å². The highest BCUT2D eigenvalue weighted by Crippen LogP contribution is 2.45. The van der Waals surface area contributed by atoms with Gasteiger partial charge in [-0.05, 0) is 46.5 Å². The van der Waals surface area contributed by atoms with Gasteiger partial charge in [0.25, 0.3) is 0 Å². The van der Waals surface area contributed by atoms with Gasteiger partial charge in [0.2, 0.25) is 5.91 Å². The molecule has 0 bridgehead atoms. The van der Waals surface area contributed by atoms with Gasteiger partial charge >= 0.3 is 11.9 Å². The fourth-order valence-corrected chi connectivity index (χ4v) is 3.14. The number of likely N-dealkylation sites (tertiary alicyclic amines) is 1. The Morgan fingerprint density at radius 2 is 1.86 bits per heavy atom. The van der Waals surface area contributed by atoms with Gasteiger partial charge in [-0.15, -0.1) is 0 Å². The maximum atomic E-state index is 12.5. The average Bonchev–Trinajstić information content (AvgIpc) is 2.79. The summed E-state index contributed by atoms with van der Waals surface area (Å²) in [7, 11) is 0. The summed E-state index contributed by atoms with van der Waals surface area (Å²) in [5.41, 5.74) is -1.51. The van der Waals surface area contributed by atoms with Gasteiger partial charge in [-0.3, -0.25) is 9.59 Å². The summed E-state index contributed by atoms with van der Waals surface area (Å²) in [6, 6.07) is -0.572. The van der Waals surface area contributed by atoms with Crippen LogP contribution in [0.15, 0.2) is 0 Å². The number of ether oxygens (including phenoxy) is 1. The molecule has 6 nitrogen and oxygen atoms in total. The zero-order chi connectivity index (χ0) is 16.5. The summed E-state index contributed by atoms with van der Waals surface area (Å²) in [5, 5.41) is 9.34. The van der Waals surface area contributed by atoms with Gasteiger partial charge in [-0.2, -0.15) is 0 Å². The summed E-state index contributed by atoms with van der Waals surface area (Å²) in [4.78, 5) is 37.6. The summed E-state index contributed by atoms with van der Waals surface area (Å²) in [5.74, 6) is -1.54. The minimum atomic E-state index is -0.918. The number of esters is 1. The van der Waals surface area contributed by atoms with Crippen molar-refractivity contribution in [2.45, 2.75) is 70.9 Å². The third kappa shape index (κ3) is 3.42. The third-order valence-corrected chi connectivity index (χ3v) is 4.51. The van der Waals surface area contributed by atoms with Crippen molar-refractivity contribution in [2.75, 3.05) is 6.54 Å². The summed E-state index contributed by atoms with van der Waals surface area (Å²) < 4.78 is 5.37. The monoisotopic (exact) mass is 311 g/mol. The van der Waals surface area contributed by atoms with E-state index in [0.29, 0.717) is 25.8 Å². The van der Waals surface area contributed by atoms with E-state index in [1.54, 1.807) is 20.8 Å². The quantitative estimate of drug-likeness (QED) is 0.802. The first-order valence-corrected chi connectivity index (χ1v) is 7.90. The lowest BCUT2D eigenvalue weighted by Gasteiger charge is -2.38. The number of carboxylic acids is 1. The van der Waals surface area contributed by atoms with Crippen molar-refractivity contribution >= 4 is 17.8 Å². The topological polar surface area (TPSA) is 83.9 Å². The molecule has 0 radical (unpaired) electrons. The average molecular weight is 311 g/mol. The first-order valence-electron chi connectivity index (χ1n) is 7.90. The maximum absolute atomic E-state index is 12.5. The molecule has 1 amide bonds. The van der Waals surface area contributed by atoms with Crippen LogP contribution in [-0.2, 0) is 19.1 Å². The van der Waals surface area contributed by atoms with Gasteiger partial charge in [0, 0.05) is 13.0 Å². The van der Waals surface area contributed by atoms with E-state index in [-0.39, 0.29) is 12.3 Å². The van der Waals surface area contributed by atoms with Crippen molar-refractivity contribution in [3.63, 3.8) is 0 Å². The minimum Gasteiger partial charge on any atom is -0.481 e. The van der Waals surface area contributed by atoms with Gasteiger partial charge in [0.1, 0.15) is 11.6 Å². The molecule has 124 valence electrons. The number of carbonyl (C=O) groups is 3. The highest BCUT2D eigenvalue weighted by Gasteiger charge is 2.48. The number of rotatable bonds is 4. The molecule has 0 spiro atoms. The van der Waals surface area contributed by atoms with Crippen LogP contribution in [-0.4, -0.2) is 46.0 Å². The van der Waals surface area contributed by atoms with Crippen molar-refractivity contribution in [1.82, 2.24) is 4.90 Å². The second kappa shape index (κ2) is 5.89. The largest absolute Gasteiger partial charge is 0.481 e. The van der Waals surface area contributed by atoms with E-state index in [1.165, 1.54) is 4.90 Å².